The van der Waals surface area contributed by atoms with Gasteiger partial charge in [-0.3, -0.25) is 4.79 Å². The third kappa shape index (κ3) is 2.92. The minimum absolute atomic E-state index is 0.0958. The highest BCUT2D eigenvalue weighted by molar-refractivity contribution is 7.89. The summed E-state index contributed by atoms with van der Waals surface area (Å²) in [6, 6.07) is 4.16. The lowest BCUT2D eigenvalue weighted by molar-refractivity contribution is 0.101. The Kier molecular flexibility index (Phi) is 3.27. The molecule has 0 aliphatic heterocycles. The number of anilines is 1. The van der Waals surface area contributed by atoms with E-state index in [2.05, 4.69) is 25.9 Å². The molecule has 0 aliphatic carbocycles. The van der Waals surface area contributed by atoms with E-state index < -0.39 is 15.9 Å². The average Bonchev–Trinajstić information content (AvgIpc) is 2.84. The Morgan fingerprint density at radius 3 is 2.74 bits per heavy atom. The van der Waals surface area contributed by atoms with Crippen molar-refractivity contribution in [3.63, 3.8) is 0 Å². The van der Waals surface area contributed by atoms with Crippen LogP contribution in [0.15, 0.2) is 23.1 Å². The standard InChI is InChI=1S/C9H10N6O3S/c1-5-2-3-6(19(10,17)18)4-7(5)11-9(16)8-12-14-15-13-8/h2-4H,1H3,(H,11,16)(H2,10,17,18)(H,12,13,14,15). The van der Waals surface area contributed by atoms with Crippen molar-refractivity contribution < 1.29 is 13.2 Å². The summed E-state index contributed by atoms with van der Waals surface area (Å²) >= 11 is 0. The van der Waals surface area contributed by atoms with Crippen molar-refractivity contribution in [3.05, 3.63) is 29.6 Å². The smallest absolute Gasteiger partial charge is 0.297 e. The van der Waals surface area contributed by atoms with E-state index in [1.807, 2.05) is 0 Å². The number of nitrogens with zero attached hydrogens (tertiary/aromatic N) is 3. The number of nitrogens with two attached hydrogens (primary N) is 1. The lowest BCUT2D eigenvalue weighted by Crippen LogP contribution is -2.16. The fourth-order valence-electron chi connectivity index (χ4n) is 1.35. The van der Waals surface area contributed by atoms with E-state index in [1.54, 1.807) is 6.92 Å². The lowest BCUT2D eigenvalue weighted by Gasteiger charge is -2.08. The van der Waals surface area contributed by atoms with E-state index in [9.17, 15) is 13.2 Å². The van der Waals surface area contributed by atoms with Gasteiger partial charge in [-0.05, 0) is 29.8 Å². The first-order chi connectivity index (χ1) is 8.88. The van der Waals surface area contributed by atoms with E-state index >= 15 is 0 Å². The molecule has 2 rings (SSSR count). The lowest BCUT2D eigenvalue weighted by atomic mass is 10.2. The molecule has 1 heterocycles. The van der Waals surface area contributed by atoms with Crippen LogP contribution >= 0.6 is 0 Å². The normalized spacial score (nSPS) is 11.3. The van der Waals surface area contributed by atoms with Gasteiger partial charge in [-0.2, -0.15) is 5.21 Å². The molecule has 4 N–H and O–H groups in total. The van der Waals surface area contributed by atoms with Crippen molar-refractivity contribution in [1.82, 2.24) is 20.6 Å². The molecule has 9 nitrogen and oxygen atoms in total. The summed E-state index contributed by atoms with van der Waals surface area (Å²) in [6.07, 6.45) is 0. The SMILES string of the molecule is Cc1ccc(S(N)(=O)=O)cc1NC(=O)c1nn[nH]n1. The van der Waals surface area contributed by atoms with E-state index in [0.717, 1.165) is 0 Å². The first kappa shape index (κ1) is 13.1. The van der Waals surface area contributed by atoms with Crippen LogP contribution in [0.3, 0.4) is 0 Å². The number of carbonyl (C=O) groups excluding carboxylic acids is 1. The Morgan fingerprint density at radius 2 is 2.16 bits per heavy atom. The summed E-state index contributed by atoms with van der Waals surface area (Å²) in [5.74, 6) is -0.760. The molecule has 0 aliphatic rings. The van der Waals surface area contributed by atoms with Crippen LogP contribution in [0.4, 0.5) is 5.69 Å². The Bertz CT molecular complexity index is 710. The highest BCUT2D eigenvalue weighted by Crippen LogP contribution is 2.19. The van der Waals surface area contributed by atoms with Gasteiger partial charge in [-0.25, -0.2) is 13.6 Å². The molecule has 0 saturated heterocycles. The third-order valence-corrected chi connectivity index (χ3v) is 3.25. The van der Waals surface area contributed by atoms with Crippen LogP contribution in [0.2, 0.25) is 0 Å². The van der Waals surface area contributed by atoms with E-state index in [-0.39, 0.29) is 10.7 Å². The summed E-state index contributed by atoms with van der Waals surface area (Å²) < 4.78 is 22.5. The number of sulfonamides is 1. The molecule has 0 radical (unpaired) electrons. The molecule has 0 spiro atoms. The molecular formula is C9H10N6O3S. The number of hydrogen-bond donors (Lipinski definition) is 3. The molecule has 100 valence electrons. The van der Waals surface area contributed by atoms with E-state index in [4.69, 9.17) is 5.14 Å². The van der Waals surface area contributed by atoms with E-state index in [1.165, 1.54) is 18.2 Å². The molecule has 0 atom stereocenters. The molecule has 1 amide bonds. The molecule has 0 saturated carbocycles. The average molecular weight is 282 g/mol. The predicted molar refractivity (Wildman–Crippen MR) is 64.7 cm³/mol. The van der Waals surface area contributed by atoms with Crippen molar-refractivity contribution >= 4 is 21.6 Å². The summed E-state index contributed by atoms with van der Waals surface area (Å²) in [5.41, 5.74) is 0.977. The van der Waals surface area contributed by atoms with Crippen LogP contribution in [0.5, 0.6) is 0 Å². The maximum absolute atomic E-state index is 11.7. The number of amides is 1. The van der Waals surface area contributed by atoms with Gasteiger partial charge in [0.05, 0.1) is 4.90 Å². The maximum atomic E-state index is 11.7. The van der Waals surface area contributed by atoms with Crippen molar-refractivity contribution in [2.75, 3.05) is 5.32 Å². The largest absolute Gasteiger partial charge is 0.319 e. The highest BCUT2D eigenvalue weighted by atomic mass is 32.2. The number of primary sulfonamides is 1. The van der Waals surface area contributed by atoms with Gasteiger partial charge in [-0.1, -0.05) is 6.07 Å². The van der Waals surface area contributed by atoms with Crippen LogP contribution in [0.25, 0.3) is 0 Å². The van der Waals surface area contributed by atoms with Crippen molar-refractivity contribution in [2.24, 2.45) is 5.14 Å². The highest BCUT2D eigenvalue weighted by Gasteiger charge is 2.15. The number of aryl methyl sites for hydroxylation is 1. The molecule has 10 heteroatoms. The van der Waals surface area contributed by atoms with Gasteiger partial charge in [0.25, 0.3) is 11.7 Å². The van der Waals surface area contributed by atoms with Gasteiger partial charge in [0.1, 0.15) is 0 Å². The van der Waals surface area contributed by atoms with Gasteiger partial charge in [0.15, 0.2) is 0 Å². The monoisotopic (exact) mass is 282 g/mol. The number of hydrogen-bond acceptors (Lipinski definition) is 6. The second-order valence-electron chi connectivity index (χ2n) is 3.71. The second kappa shape index (κ2) is 4.74. The quantitative estimate of drug-likeness (QED) is 0.686. The minimum atomic E-state index is -3.83. The number of H-pyrrole nitrogens is 1. The number of tetrazole rings is 1. The Hall–Kier alpha value is -2.33. The summed E-state index contributed by atoms with van der Waals surface area (Å²) in [6.45, 7) is 1.71. The number of benzene rings is 1. The van der Waals surface area contributed by atoms with Crippen molar-refractivity contribution in [1.29, 1.82) is 0 Å². The molecule has 0 unspecified atom stereocenters. The summed E-state index contributed by atoms with van der Waals surface area (Å²) in [7, 11) is -3.83. The molecule has 0 bridgehead atoms. The molecule has 1 aromatic heterocycles. The van der Waals surface area contributed by atoms with Crippen molar-refractivity contribution in [3.8, 4) is 0 Å². The van der Waals surface area contributed by atoms with Crippen LogP contribution in [0, 0.1) is 6.92 Å². The Labute approximate surface area is 108 Å². The number of carbonyl (C=O) groups is 1. The third-order valence-electron chi connectivity index (χ3n) is 2.33. The first-order valence-electron chi connectivity index (χ1n) is 5.06. The Morgan fingerprint density at radius 1 is 1.42 bits per heavy atom. The van der Waals surface area contributed by atoms with E-state index in [0.29, 0.717) is 11.3 Å². The molecule has 2 aromatic rings. The molecule has 0 fully saturated rings. The fourth-order valence-corrected chi connectivity index (χ4v) is 1.89. The van der Waals surface area contributed by atoms with Crippen LogP contribution in [-0.4, -0.2) is 34.9 Å². The van der Waals surface area contributed by atoms with Gasteiger partial charge >= 0.3 is 0 Å². The summed E-state index contributed by atoms with van der Waals surface area (Å²) in [5, 5.41) is 19.9. The van der Waals surface area contributed by atoms with Crippen molar-refractivity contribution in [2.45, 2.75) is 11.8 Å². The second-order valence-corrected chi connectivity index (χ2v) is 5.27. The van der Waals surface area contributed by atoms with Gasteiger partial charge in [-0.15, -0.1) is 10.2 Å². The Balaban J connectivity index is 2.32. The number of aromatic amines is 1. The van der Waals surface area contributed by atoms with Gasteiger partial charge in [0, 0.05) is 5.69 Å². The number of rotatable bonds is 3. The van der Waals surface area contributed by atoms with Crippen LogP contribution in [0.1, 0.15) is 16.2 Å². The first-order valence-corrected chi connectivity index (χ1v) is 6.61. The minimum Gasteiger partial charge on any atom is -0.319 e. The van der Waals surface area contributed by atoms with Crippen LogP contribution in [-0.2, 0) is 10.0 Å². The predicted octanol–water partition coefficient (Wildman–Crippen LogP) is -0.592. The molecular weight excluding hydrogens is 272 g/mol. The topological polar surface area (TPSA) is 144 Å². The zero-order chi connectivity index (χ0) is 14.0. The van der Waals surface area contributed by atoms with Crippen LogP contribution < -0.4 is 10.5 Å². The zero-order valence-electron chi connectivity index (χ0n) is 9.78. The van der Waals surface area contributed by atoms with Gasteiger partial charge in [0.2, 0.25) is 10.0 Å². The number of nitrogens with one attached hydrogen (secondary N) is 2. The molecule has 1 aromatic carbocycles. The zero-order valence-corrected chi connectivity index (χ0v) is 10.6. The maximum Gasteiger partial charge on any atom is 0.297 e. The molecule has 19 heavy (non-hydrogen) atoms. The summed E-state index contributed by atoms with van der Waals surface area (Å²) in [4.78, 5) is 11.6. The fraction of sp³-hybridized carbons (Fsp3) is 0.111. The number of aromatic nitrogens is 4. The van der Waals surface area contributed by atoms with Gasteiger partial charge < -0.3 is 5.32 Å².